The van der Waals surface area contributed by atoms with Gasteiger partial charge in [-0.25, -0.2) is 4.98 Å². The van der Waals surface area contributed by atoms with Crippen molar-refractivity contribution in [2.24, 2.45) is 5.73 Å². The Hall–Kier alpha value is -2.50. The summed E-state index contributed by atoms with van der Waals surface area (Å²) in [6.45, 7) is 0.539. The number of hydrogen-bond donors (Lipinski definition) is 3. The van der Waals surface area contributed by atoms with Crippen LogP contribution in [-0.2, 0) is 12.8 Å². The van der Waals surface area contributed by atoms with Crippen LogP contribution in [0.5, 0.6) is 0 Å². The molecule has 4 rings (SSSR count). The van der Waals surface area contributed by atoms with Crippen molar-refractivity contribution in [3.05, 3.63) is 71.8 Å². The van der Waals surface area contributed by atoms with Crippen molar-refractivity contribution in [1.82, 2.24) is 20.3 Å². The van der Waals surface area contributed by atoms with Crippen LogP contribution in [0.1, 0.15) is 36.0 Å². The highest BCUT2D eigenvalue weighted by Gasteiger charge is 2.23. The third-order valence-electron chi connectivity index (χ3n) is 4.97. The van der Waals surface area contributed by atoms with E-state index in [4.69, 9.17) is 10.7 Å². The van der Waals surface area contributed by atoms with Gasteiger partial charge in [-0.1, -0.05) is 30.4 Å². The first-order chi connectivity index (χ1) is 12.8. The number of aromatic nitrogens is 3. The number of para-hydroxylation sites is 2. The summed E-state index contributed by atoms with van der Waals surface area (Å²) in [4.78, 5) is 12.8. The van der Waals surface area contributed by atoms with Crippen molar-refractivity contribution in [2.75, 3.05) is 6.54 Å². The molecule has 2 unspecified atom stereocenters. The molecule has 2 aromatic heterocycles. The molecule has 5 nitrogen and oxygen atoms in total. The standard InChI is InChI=1S/C21H25N5/c22-12-4-8-16(14-20-25-17-9-1-2-10-18(17)26-20)24-19-11-3-6-15-7-5-13-23-21(15)19/h1-2,4-5,7-10,13,16,19,24H,3,6,11-12,14,22H2,(H,25,26). The highest BCUT2D eigenvalue weighted by molar-refractivity contribution is 5.74. The van der Waals surface area contributed by atoms with Crippen LogP contribution in [0, 0.1) is 0 Å². The normalized spacial score (nSPS) is 18.3. The lowest BCUT2D eigenvalue weighted by Gasteiger charge is -2.28. The number of nitrogens with zero attached hydrogens (tertiary/aromatic N) is 2. The molecule has 2 heterocycles. The van der Waals surface area contributed by atoms with Crippen molar-refractivity contribution in [3.8, 4) is 0 Å². The average molecular weight is 347 g/mol. The van der Waals surface area contributed by atoms with Crippen LogP contribution in [0.2, 0.25) is 0 Å². The van der Waals surface area contributed by atoms with Crippen LogP contribution < -0.4 is 11.1 Å². The second-order valence-electron chi connectivity index (χ2n) is 6.83. The largest absolute Gasteiger partial charge is 0.342 e. The Labute approximate surface area is 153 Å². The van der Waals surface area contributed by atoms with E-state index in [1.54, 1.807) is 0 Å². The van der Waals surface area contributed by atoms with Crippen LogP contribution >= 0.6 is 0 Å². The van der Waals surface area contributed by atoms with Gasteiger partial charge in [0.05, 0.1) is 22.8 Å². The Morgan fingerprint density at radius 2 is 2.19 bits per heavy atom. The summed E-state index contributed by atoms with van der Waals surface area (Å²) in [6, 6.07) is 12.8. The lowest BCUT2D eigenvalue weighted by atomic mass is 9.91. The maximum Gasteiger partial charge on any atom is 0.109 e. The molecule has 1 aliphatic rings. The first-order valence-corrected chi connectivity index (χ1v) is 9.33. The maximum absolute atomic E-state index is 5.69. The molecule has 0 saturated heterocycles. The Kier molecular flexibility index (Phi) is 5.09. The van der Waals surface area contributed by atoms with E-state index in [9.17, 15) is 0 Å². The predicted molar refractivity (Wildman–Crippen MR) is 105 cm³/mol. The van der Waals surface area contributed by atoms with E-state index in [0.717, 1.165) is 36.1 Å². The van der Waals surface area contributed by atoms with Crippen LogP contribution in [0.25, 0.3) is 11.0 Å². The molecule has 1 aliphatic carbocycles. The van der Waals surface area contributed by atoms with Crippen molar-refractivity contribution >= 4 is 11.0 Å². The summed E-state index contributed by atoms with van der Waals surface area (Å²) in [5, 5.41) is 3.77. The molecule has 26 heavy (non-hydrogen) atoms. The number of pyridine rings is 1. The molecule has 0 saturated carbocycles. The number of nitrogens with one attached hydrogen (secondary N) is 2. The lowest BCUT2D eigenvalue weighted by Crippen LogP contribution is -2.36. The van der Waals surface area contributed by atoms with Crippen molar-refractivity contribution in [2.45, 2.75) is 37.8 Å². The number of H-pyrrole nitrogens is 1. The van der Waals surface area contributed by atoms with Gasteiger partial charge in [0.25, 0.3) is 0 Å². The summed E-state index contributed by atoms with van der Waals surface area (Å²) in [5.74, 6) is 0.988. The van der Waals surface area contributed by atoms with Crippen molar-refractivity contribution in [1.29, 1.82) is 0 Å². The van der Waals surface area contributed by atoms with Crippen molar-refractivity contribution < 1.29 is 0 Å². The van der Waals surface area contributed by atoms with Crippen LogP contribution in [-0.4, -0.2) is 27.5 Å². The third-order valence-corrected chi connectivity index (χ3v) is 4.97. The number of rotatable bonds is 6. The number of imidazole rings is 1. The summed E-state index contributed by atoms with van der Waals surface area (Å²) < 4.78 is 0. The van der Waals surface area contributed by atoms with Gasteiger partial charge in [-0.2, -0.15) is 0 Å². The first-order valence-electron chi connectivity index (χ1n) is 9.33. The summed E-state index contributed by atoms with van der Waals surface area (Å²) in [7, 11) is 0. The molecule has 134 valence electrons. The lowest BCUT2D eigenvalue weighted by molar-refractivity contribution is 0.414. The number of nitrogens with two attached hydrogens (primary N) is 1. The van der Waals surface area contributed by atoms with E-state index in [0.29, 0.717) is 6.54 Å². The van der Waals surface area contributed by atoms with E-state index >= 15 is 0 Å². The van der Waals surface area contributed by atoms with Gasteiger partial charge in [0.1, 0.15) is 5.82 Å². The second kappa shape index (κ2) is 7.81. The van der Waals surface area contributed by atoms with Gasteiger partial charge < -0.3 is 16.0 Å². The van der Waals surface area contributed by atoms with Crippen LogP contribution in [0.15, 0.2) is 54.7 Å². The summed E-state index contributed by atoms with van der Waals surface area (Å²) in [6.07, 6.45) is 10.3. The second-order valence-corrected chi connectivity index (χ2v) is 6.83. The molecule has 0 spiro atoms. The summed E-state index contributed by atoms with van der Waals surface area (Å²) in [5.41, 5.74) is 10.3. The van der Waals surface area contributed by atoms with Gasteiger partial charge >= 0.3 is 0 Å². The molecule has 0 bridgehead atoms. The number of hydrogen-bond acceptors (Lipinski definition) is 4. The monoisotopic (exact) mass is 347 g/mol. The topological polar surface area (TPSA) is 79.6 Å². The zero-order valence-corrected chi connectivity index (χ0v) is 14.9. The fourth-order valence-electron chi connectivity index (χ4n) is 3.77. The molecule has 1 aromatic carbocycles. The molecule has 2 atom stereocenters. The Balaban J connectivity index is 1.55. The molecular formula is C21H25N5. The minimum atomic E-state index is 0.164. The van der Waals surface area contributed by atoms with Gasteiger partial charge in [-0.05, 0) is 43.0 Å². The Bertz CT molecular complexity index is 865. The summed E-state index contributed by atoms with van der Waals surface area (Å²) >= 11 is 0. The molecule has 3 aromatic rings. The molecule has 0 radical (unpaired) electrons. The molecule has 5 heteroatoms. The molecule has 0 fully saturated rings. The van der Waals surface area contributed by atoms with Gasteiger partial charge in [0, 0.05) is 25.2 Å². The number of fused-ring (bicyclic) bond motifs is 2. The minimum absolute atomic E-state index is 0.164. The fraction of sp³-hybridized carbons (Fsp3) is 0.333. The number of benzene rings is 1. The zero-order chi connectivity index (χ0) is 17.8. The van der Waals surface area contributed by atoms with E-state index in [-0.39, 0.29) is 12.1 Å². The smallest absolute Gasteiger partial charge is 0.109 e. The predicted octanol–water partition coefficient (Wildman–Crippen LogP) is 3.05. The minimum Gasteiger partial charge on any atom is -0.342 e. The SMILES string of the molecule is NCC=CC(Cc1nc2ccccc2[nH]1)NC1CCCc2cccnc21. The van der Waals surface area contributed by atoms with Crippen LogP contribution in [0.3, 0.4) is 0 Å². The van der Waals surface area contributed by atoms with Crippen molar-refractivity contribution in [3.63, 3.8) is 0 Å². The highest BCUT2D eigenvalue weighted by Crippen LogP contribution is 2.28. The van der Waals surface area contributed by atoms with Gasteiger partial charge in [0.15, 0.2) is 0 Å². The highest BCUT2D eigenvalue weighted by atomic mass is 15.0. The maximum atomic E-state index is 5.69. The number of aromatic amines is 1. The van der Waals surface area contributed by atoms with Gasteiger partial charge in [0.2, 0.25) is 0 Å². The van der Waals surface area contributed by atoms with E-state index < -0.39 is 0 Å². The van der Waals surface area contributed by atoms with E-state index in [1.165, 1.54) is 17.7 Å². The third kappa shape index (κ3) is 3.69. The zero-order valence-electron chi connectivity index (χ0n) is 14.9. The fourth-order valence-corrected chi connectivity index (χ4v) is 3.77. The average Bonchev–Trinajstić information content (AvgIpc) is 3.08. The van der Waals surface area contributed by atoms with Gasteiger partial charge in [-0.15, -0.1) is 0 Å². The first kappa shape index (κ1) is 16.9. The quantitative estimate of drug-likeness (QED) is 0.599. The molecule has 4 N–H and O–H groups in total. The Morgan fingerprint density at radius 3 is 3.08 bits per heavy atom. The Morgan fingerprint density at radius 1 is 1.27 bits per heavy atom. The van der Waals surface area contributed by atoms with E-state index in [1.807, 2.05) is 36.5 Å². The van der Waals surface area contributed by atoms with Gasteiger partial charge in [-0.3, -0.25) is 4.98 Å². The molecule has 0 aliphatic heterocycles. The molecule has 0 amide bonds. The van der Waals surface area contributed by atoms with E-state index in [2.05, 4.69) is 33.5 Å². The number of aryl methyl sites for hydroxylation is 1. The molecular weight excluding hydrogens is 322 g/mol. The van der Waals surface area contributed by atoms with Crippen LogP contribution in [0.4, 0.5) is 0 Å².